The average Bonchev–Trinajstić information content (AvgIpc) is 2.83. The first-order chi connectivity index (χ1) is 16.3. The molecule has 3 aromatic carbocycles. The van der Waals surface area contributed by atoms with Crippen LogP contribution in [0.3, 0.4) is 0 Å². The topological polar surface area (TPSA) is 66.5 Å². The van der Waals surface area contributed by atoms with Crippen LogP contribution >= 0.6 is 35.1 Å². The lowest BCUT2D eigenvalue weighted by Gasteiger charge is -2.24. The van der Waals surface area contributed by atoms with Gasteiger partial charge in [0.1, 0.15) is 12.4 Å². The summed E-state index contributed by atoms with van der Waals surface area (Å²) in [4.78, 5) is 13.6. The summed E-state index contributed by atoms with van der Waals surface area (Å²) in [6.45, 7) is -0.0888. The number of rotatable bonds is 11. The van der Waals surface area contributed by atoms with Gasteiger partial charge in [0.25, 0.3) is 10.0 Å². The highest BCUT2D eigenvalue weighted by Gasteiger charge is 2.27. The second-order valence-electron chi connectivity index (χ2n) is 7.20. The summed E-state index contributed by atoms with van der Waals surface area (Å²) in [5.74, 6) is 0.357. The number of sulfonamides is 1. The molecule has 1 amide bonds. The number of thioether (sulfide) groups is 2. The predicted molar refractivity (Wildman–Crippen MR) is 140 cm³/mol. The number of hydrogen-bond acceptors (Lipinski definition) is 5. The molecule has 3 aromatic rings. The number of nitrogens with zero attached hydrogens (tertiary/aromatic N) is 1. The zero-order valence-electron chi connectivity index (χ0n) is 18.4. The highest BCUT2D eigenvalue weighted by molar-refractivity contribution is 7.98. The number of halogens is 2. The third-order valence-electron chi connectivity index (χ3n) is 4.78. The van der Waals surface area contributed by atoms with Crippen LogP contribution in [0.5, 0.6) is 0 Å². The number of carbonyl (C=O) groups excluding carboxylic acids is 1. The zero-order valence-corrected chi connectivity index (χ0v) is 21.6. The van der Waals surface area contributed by atoms with E-state index < -0.39 is 28.3 Å². The molecule has 0 aliphatic rings. The molecule has 0 aliphatic carbocycles. The maximum atomic E-state index is 13.9. The van der Waals surface area contributed by atoms with Crippen molar-refractivity contribution in [3.8, 4) is 0 Å². The molecule has 0 saturated heterocycles. The van der Waals surface area contributed by atoms with Gasteiger partial charge in [0.05, 0.1) is 10.6 Å². The maximum absolute atomic E-state index is 13.9. The SMILES string of the molecule is CSc1ccc(S(=O)(=O)N(CC(=O)NCCSCc2ccc(Cl)cc2)c2cccc(F)c2)cc1. The van der Waals surface area contributed by atoms with E-state index in [0.29, 0.717) is 17.3 Å². The van der Waals surface area contributed by atoms with Crippen molar-refractivity contribution in [1.82, 2.24) is 5.32 Å². The van der Waals surface area contributed by atoms with E-state index in [2.05, 4.69) is 5.32 Å². The molecule has 0 fully saturated rings. The van der Waals surface area contributed by atoms with Gasteiger partial charge in [0.2, 0.25) is 5.91 Å². The van der Waals surface area contributed by atoms with E-state index in [1.165, 1.54) is 42.1 Å². The van der Waals surface area contributed by atoms with Gasteiger partial charge in [-0.3, -0.25) is 9.10 Å². The van der Waals surface area contributed by atoms with Crippen LogP contribution in [0, 0.1) is 5.82 Å². The Morgan fingerprint density at radius 2 is 1.76 bits per heavy atom. The number of benzene rings is 3. The van der Waals surface area contributed by atoms with Gasteiger partial charge < -0.3 is 5.32 Å². The van der Waals surface area contributed by atoms with E-state index in [-0.39, 0.29) is 10.6 Å². The Morgan fingerprint density at radius 3 is 2.41 bits per heavy atom. The summed E-state index contributed by atoms with van der Waals surface area (Å²) < 4.78 is 41.5. The lowest BCUT2D eigenvalue weighted by Crippen LogP contribution is -2.41. The van der Waals surface area contributed by atoms with Crippen molar-refractivity contribution in [1.29, 1.82) is 0 Å². The average molecular weight is 539 g/mol. The van der Waals surface area contributed by atoms with E-state index in [0.717, 1.165) is 26.6 Å². The van der Waals surface area contributed by atoms with Crippen LogP contribution in [0.15, 0.2) is 82.6 Å². The van der Waals surface area contributed by atoms with E-state index in [1.54, 1.807) is 23.9 Å². The first-order valence-electron chi connectivity index (χ1n) is 10.3. The lowest BCUT2D eigenvalue weighted by molar-refractivity contribution is -0.119. The van der Waals surface area contributed by atoms with E-state index in [4.69, 9.17) is 11.6 Å². The third-order valence-corrected chi connectivity index (χ3v) is 8.60. The molecule has 10 heteroatoms. The van der Waals surface area contributed by atoms with E-state index in [9.17, 15) is 17.6 Å². The molecule has 0 heterocycles. The van der Waals surface area contributed by atoms with Gasteiger partial charge in [-0.05, 0) is 66.4 Å². The van der Waals surface area contributed by atoms with Gasteiger partial charge in [0.15, 0.2) is 0 Å². The van der Waals surface area contributed by atoms with Crippen LogP contribution < -0.4 is 9.62 Å². The molecule has 0 aliphatic heterocycles. The molecule has 0 unspecified atom stereocenters. The highest BCUT2D eigenvalue weighted by Crippen LogP contribution is 2.26. The first kappa shape index (κ1) is 26.4. The molecule has 0 aromatic heterocycles. The Labute approximate surface area is 213 Å². The van der Waals surface area contributed by atoms with Gasteiger partial charge in [-0.1, -0.05) is 29.8 Å². The van der Waals surface area contributed by atoms with Crippen molar-refractivity contribution >= 4 is 56.7 Å². The second kappa shape index (κ2) is 12.5. The molecule has 5 nitrogen and oxygen atoms in total. The summed E-state index contributed by atoms with van der Waals surface area (Å²) in [5.41, 5.74) is 1.21. The fraction of sp³-hybridized carbons (Fsp3) is 0.208. The van der Waals surface area contributed by atoms with Crippen molar-refractivity contribution in [3.63, 3.8) is 0 Å². The first-order valence-corrected chi connectivity index (χ1v) is 14.5. The van der Waals surface area contributed by atoms with Crippen molar-refractivity contribution < 1.29 is 17.6 Å². The quantitative estimate of drug-likeness (QED) is 0.260. The van der Waals surface area contributed by atoms with Gasteiger partial charge in [-0.15, -0.1) is 11.8 Å². The molecule has 180 valence electrons. The summed E-state index contributed by atoms with van der Waals surface area (Å²) in [5, 5.41) is 3.43. The van der Waals surface area contributed by atoms with Crippen LogP contribution in [0.1, 0.15) is 5.56 Å². The summed E-state index contributed by atoms with van der Waals surface area (Å²) in [6.07, 6.45) is 1.89. The maximum Gasteiger partial charge on any atom is 0.264 e. The fourth-order valence-electron chi connectivity index (χ4n) is 3.04. The standard InChI is InChI=1S/C24H24ClFN2O3S3/c1-32-22-9-11-23(12-10-22)34(30,31)28(21-4-2-3-20(26)15-21)16-24(29)27-13-14-33-17-18-5-7-19(25)8-6-18/h2-12,15H,13-14,16-17H2,1H3,(H,27,29). The molecule has 34 heavy (non-hydrogen) atoms. The molecule has 0 radical (unpaired) electrons. The molecule has 0 atom stereocenters. The zero-order chi connectivity index (χ0) is 24.6. The van der Waals surface area contributed by atoms with Crippen molar-refractivity contribution in [2.75, 3.05) is 29.4 Å². The Balaban J connectivity index is 1.65. The van der Waals surface area contributed by atoms with Crippen molar-refractivity contribution in [2.24, 2.45) is 0 Å². The van der Waals surface area contributed by atoms with Crippen LogP contribution in [0.2, 0.25) is 5.02 Å². The minimum Gasteiger partial charge on any atom is -0.354 e. The van der Waals surface area contributed by atoms with E-state index >= 15 is 0 Å². The molecule has 1 N–H and O–H groups in total. The van der Waals surface area contributed by atoms with Gasteiger partial charge in [-0.25, -0.2) is 12.8 Å². The molecule has 0 saturated carbocycles. The number of nitrogens with one attached hydrogen (secondary N) is 1. The van der Waals surface area contributed by atoms with Crippen LogP contribution in [0.25, 0.3) is 0 Å². The monoisotopic (exact) mass is 538 g/mol. The smallest absolute Gasteiger partial charge is 0.264 e. The number of carbonyl (C=O) groups is 1. The highest BCUT2D eigenvalue weighted by atomic mass is 35.5. The lowest BCUT2D eigenvalue weighted by atomic mass is 10.2. The van der Waals surface area contributed by atoms with Gasteiger partial charge in [0, 0.05) is 28.0 Å². The molecule has 0 spiro atoms. The summed E-state index contributed by atoms with van der Waals surface area (Å²) in [7, 11) is -4.09. The minimum atomic E-state index is -4.09. The Hall–Kier alpha value is -2.20. The van der Waals surface area contributed by atoms with Crippen LogP contribution in [-0.4, -0.2) is 39.4 Å². The third kappa shape index (κ3) is 7.40. The number of amides is 1. The van der Waals surface area contributed by atoms with Gasteiger partial charge in [-0.2, -0.15) is 11.8 Å². The predicted octanol–water partition coefficient (Wildman–Crippen LogP) is 5.45. The minimum absolute atomic E-state index is 0.0286. The number of anilines is 1. The molecule has 0 bridgehead atoms. The molecule has 3 rings (SSSR count). The second-order valence-corrected chi connectivity index (χ2v) is 11.5. The fourth-order valence-corrected chi connectivity index (χ4v) is 5.81. The Bertz CT molecular complexity index is 1210. The molecular weight excluding hydrogens is 515 g/mol. The van der Waals surface area contributed by atoms with Crippen molar-refractivity contribution in [3.05, 3.63) is 89.2 Å². The van der Waals surface area contributed by atoms with Crippen LogP contribution in [0.4, 0.5) is 10.1 Å². The van der Waals surface area contributed by atoms with E-state index in [1.807, 2.05) is 30.5 Å². The normalized spacial score (nSPS) is 11.3. The largest absolute Gasteiger partial charge is 0.354 e. The summed E-state index contributed by atoms with van der Waals surface area (Å²) >= 11 is 9.01. The Kier molecular flexibility index (Phi) is 9.70. The number of hydrogen-bond donors (Lipinski definition) is 1. The summed E-state index contributed by atoms with van der Waals surface area (Å²) in [6, 6.07) is 19.1. The van der Waals surface area contributed by atoms with Crippen molar-refractivity contribution in [2.45, 2.75) is 15.5 Å². The molecular formula is C24H24ClFN2O3S3. The van der Waals surface area contributed by atoms with Gasteiger partial charge >= 0.3 is 0 Å². The van der Waals surface area contributed by atoms with Crippen LogP contribution in [-0.2, 0) is 20.6 Å². The Morgan fingerprint density at radius 1 is 1.06 bits per heavy atom.